The standard InChI is InChI=1S/C14H18N4O2/c1-3-6-12-15-13(17-16-12)14(20)18(2)9-10-7-4-5-8-11(10)19/h4-5,7-8,19H,3,6,9H2,1-2H3,(H,15,16,17). The smallest absolute Gasteiger partial charge is 0.293 e. The first-order chi connectivity index (χ1) is 9.61. The number of aromatic hydroxyl groups is 1. The Hall–Kier alpha value is -2.37. The lowest BCUT2D eigenvalue weighted by molar-refractivity contribution is 0.0772. The normalized spacial score (nSPS) is 10.5. The Kier molecular flexibility index (Phi) is 4.34. The number of amides is 1. The van der Waals surface area contributed by atoms with Crippen LogP contribution in [0, 0.1) is 0 Å². The number of nitrogens with zero attached hydrogens (tertiary/aromatic N) is 3. The Balaban J connectivity index is 2.06. The maximum absolute atomic E-state index is 12.2. The van der Waals surface area contributed by atoms with Gasteiger partial charge in [-0.25, -0.2) is 4.98 Å². The first-order valence-corrected chi connectivity index (χ1v) is 6.55. The average molecular weight is 274 g/mol. The number of phenols is 1. The van der Waals surface area contributed by atoms with Gasteiger partial charge in [0.1, 0.15) is 11.6 Å². The number of hydrogen-bond donors (Lipinski definition) is 2. The Morgan fingerprint density at radius 3 is 2.85 bits per heavy atom. The van der Waals surface area contributed by atoms with E-state index in [0.29, 0.717) is 17.9 Å². The van der Waals surface area contributed by atoms with Crippen molar-refractivity contribution in [2.24, 2.45) is 0 Å². The Labute approximate surface area is 117 Å². The van der Waals surface area contributed by atoms with Gasteiger partial charge in [-0.05, 0) is 12.5 Å². The molecule has 0 aliphatic heterocycles. The Morgan fingerprint density at radius 1 is 1.40 bits per heavy atom. The van der Waals surface area contributed by atoms with Crippen molar-refractivity contribution < 1.29 is 9.90 Å². The predicted octanol–water partition coefficient (Wildman–Crippen LogP) is 1.73. The zero-order valence-corrected chi connectivity index (χ0v) is 11.6. The van der Waals surface area contributed by atoms with Crippen LogP contribution in [0.25, 0.3) is 0 Å². The summed E-state index contributed by atoms with van der Waals surface area (Å²) < 4.78 is 0. The van der Waals surface area contributed by atoms with E-state index in [-0.39, 0.29) is 17.5 Å². The van der Waals surface area contributed by atoms with Crippen LogP contribution in [-0.4, -0.2) is 38.1 Å². The van der Waals surface area contributed by atoms with Crippen molar-refractivity contribution in [2.45, 2.75) is 26.3 Å². The fourth-order valence-corrected chi connectivity index (χ4v) is 1.88. The van der Waals surface area contributed by atoms with Gasteiger partial charge in [-0.15, -0.1) is 5.10 Å². The van der Waals surface area contributed by atoms with Crippen molar-refractivity contribution in [3.63, 3.8) is 0 Å². The molecule has 1 heterocycles. The van der Waals surface area contributed by atoms with Gasteiger partial charge in [-0.1, -0.05) is 25.1 Å². The second-order valence-electron chi connectivity index (χ2n) is 4.65. The number of carbonyl (C=O) groups is 1. The molecule has 0 unspecified atom stereocenters. The van der Waals surface area contributed by atoms with Gasteiger partial charge in [-0.3, -0.25) is 9.89 Å². The van der Waals surface area contributed by atoms with E-state index in [1.165, 1.54) is 4.90 Å². The lowest BCUT2D eigenvalue weighted by Gasteiger charge is -2.15. The third-order valence-corrected chi connectivity index (χ3v) is 2.96. The van der Waals surface area contributed by atoms with E-state index in [1.807, 2.05) is 13.0 Å². The lowest BCUT2D eigenvalue weighted by atomic mass is 10.2. The molecule has 106 valence electrons. The van der Waals surface area contributed by atoms with Gasteiger partial charge in [-0.2, -0.15) is 0 Å². The van der Waals surface area contributed by atoms with Gasteiger partial charge in [0.05, 0.1) is 0 Å². The van der Waals surface area contributed by atoms with Crippen molar-refractivity contribution in [3.8, 4) is 5.75 Å². The summed E-state index contributed by atoms with van der Waals surface area (Å²) in [6, 6.07) is 6.94. The van der Waals surface area contributed by atoms with Crippen LogP contribution in [0.4, 0.5) is 0 Å². The zero-order chi connectivity index (χ0) is 14.5. The second-order valence-corrected chi connectivity index (χ2v) is 4.65. The molecule has 6 nitrogen and oxygen atoms in total. The number of rotatable bonds is 5. The molecule has 0 fully saturated rings. The van der Waals surface area contributed by atoms with Gasteiger partial charge in [0.25, 0.3) is 5.91 Å². The molecule has 0 radical (unpaired) electrons. The summed E-state index contributed by atoms with van der Waals surface area (Å²) in [6.07, 6.45) is 1.71. The maximum Gasteiger partial charge on any atom is 0.293 e. The van der Waals surface area contributed by atoms with Crippen molar-refractivity contribution in [1.29, 1.82) is 0 Å². The van der Waals surface area contributed by atoms with Crippen LogP contribution in [0.1, 0.15) is 35.4 Å². The van der Waals surface area contributed by atoms with E-state index in [2.05, 4.69) is 15.2 Å². The van der Waals surface area contributed by atoms with E-state index in [1.54, 1.807) is 25.2 Å². The highest BCUT2D eigenvalue weighted by atomic mass is 16.3. The molecule has 0 saturated heterocycles. The molecule has 1 aromatic heterocycles. The molecule has 0 bridgehead atoms. The van der Waals surface area contributed by atoms with Gasteiger partial charge >= 0.3 is 0 Å². The third kappa shape index (κ3) is 3.14. The molecule has 6 heteroatoms. The minimum absolute atomic E-state index is 0.159. The number of phenolic OH excluding ortho intramolecular Hbond substituents is 1. The van der Waals surface area contributed by atoms with Crippen molar-refractivity contribution in [2.75, 3.05) is 7.05 Å². The summed E-state index contributed by atoms with van der Waals surface area (Å²) in [7, 11) is 1.66. The number of para-hydroxylation sites is 1. The number of H-pyrrole nitrogens is 1. The van der Waals surface area contributed by atoms with E-state index >= 15 is 0 Å². The number of aromatic amines is 1. The highest BCUT2D eigenvalue weighted by Gasteiger charge is 2.18. The lowest BCUT2D eigenvalue weighted by Crippen LogP contribution is -2.27. The monoisotopic (exact) mass is 274 g/mol. The summed E-state index contributed by atoms with van der Waals surface area (Å²) in [6.45, 7) is 2.34. The molecule has 0 saturated carbocycles. The van der Waals surface area contributed by atoms with E-state index in [9.17, 15) is 9.90 Å². The molecule has 0 aliphatic rings. The zero-order valence-electron chi connectivity index (χ0n) is 11.6. The highest BCUT2D eigenvalue weighted by molar-refractivity contribution is 5.90. The van der Waals surface area contributed by atoms with Crippen LogP contribution in [0.15, 0.2) is 24.3 Å². The maximum atomic E-state index is 12.2. The molecule has 2 aromatic rings. The molecule has 0 aliphatic carbocycles. The first-order valence-electron chi connectivity index (χ1n) is 6.55. The Morgan fingerprint density at radius 2 is 2.15 bits per heavy atom. The van der Waals surface area contributed by atoms with E-state index in [4.69, 9.17) is 0 Å². The number of aromatic nitrogens is 3. The molecule has 1 aromatic carbocycles. The quantitative estimate of drug-likeness (QED) is 0.870. The second kappa shape index (κ2) is 6.18. The van der Waals surface area contributed by atoms with E-state index in [0.717, 1.165) is 12.8 Å². The van der Waals surface area contributed by atoms with Crippen LogP contribution in [0.2, 0.25) is 0 Å². The minimum atomic E-state index is -0.271. The highest BCUT2D eigenvalue weighted by Crippen LogP contribution is 2.17. The third-order valence-electron chi connectivity index (χ3n) is 2.96. The van der Waals surface area contributed by atoms with E-state index < -0.39 is 0 Å². The van der Waals surface area contributed by atoms with Crippen LogP contribution in [-0.2, 0) is 13.0 Å². The number of benzene rings is 1. The summed E-state index contributed by atoms with van der Waals surface area (Å²) in [5.41, 5.74) is 0.688. The van der Waals surface area contributed by atoms with Crippen LogP contribution < -0.4 is 0 Å². The molecule has 1 amide bonds. The largest absolute Gasteiger partial charge is 0.508 e. The molecule has 20 heavy (non-hydrogen) atoms. The van der Waals surface area contributed by atoms with Crippen LogP contribution in [0.5, 0.6) is 5.75 Å². The van der Waals surface area contributed by atoms with Crippen LogP contribution in [0.3, 0.4) is 0 Å². The molecular formula is C14H18N4O2. The number of aryl methyl sites for hydroxylation is 1. The van der Waals surface area contributed by atoms with Gasteiger partial charge < -0.3 is 10.0 Å². The molecule has 0 atom stereocenters. The predicted molar refractivity (Wildman–Crippen MR) is 74.3 cm³/mol. The number of carbonyl (C=O) groups excluding carboxylic acids is 1. The fourth-order valence-electron chi connectivity index (χ4n) is 1.88. The average Bonchev–Trinajstić information content (AvgIpc) is 2.89. The molecule has 0 spiro atoms. The van der Waals surface area contributed by atoms with Crippen molar-refractivity contribution >= 4 is 5.91 Å². The summed E-state index contributed by atoms with van der Waals surface area (Å²) >= 11 is 0. The summed E-state index contributed by atoms with van der Waals surface area (Å²) in [4.78, 5) is 17.8. The van der Waals surface area contributed by atoms with Gasteiger partial charge in [0, 0.05) is 25.6 Å². The first kappa shape index (κ1) is 14.0. The topological polar surface area (TPSA) is 82.1 Å². The number of nitrogens with one attached hydrogen (secondary N) is 1. The van der Waals surface area contributed by atoms with Crippen LogP contribution >= 0.6 is 0 Å². The molecule has 2 N–H and O–H groups in total. The fraction of sp³-hybridized carbons (Fsp3) is 0.357. The van der Waals surface area contributed by atoms with Crippen molar-refractivity contribution in [1.82, 2.24) is 20.1 Å². The summed E-state index contributed by atoms with van der Waals surface area (Å²) in [5, 5.41) is 16.4. The van der Waals surface area contributed by atoms with Gasteiger partial charge in [0.15, 0.2) is 0 Å². The van der Waals surface area contributed by atoms with Gasteiger partial charge in [0.2, 0.25) is 5.82 Å². The SMILES string of the molecule is CCCc1nc(C(=O)N(C)Cc2ccccc2O)n[nH]1. The van der Waals surface area contributed by atoms with Crippen molar-refractivity contribution in [3.05, 3.63) is 41.5 Å². The summed E-state index contributed by atoms with van der Waals surface area (Å²) in [5.74, 6) is 0.777. The Bertz CT molecular complexity index is 594. The molecule has 2 rings (SSSR count). The molecular weight excluding hydrogens is 256 g/mol. The minimum Gasteiger partial charge on any atom is -0.508 e. The number of hydrogen-bond acceptors (Lipinski definition) is 4.